The van der Waals surface area contributed by atoms with Crippen molar-refractivity contribution < 1.29 is 9.15 Å². The van der Waals surface area contributed by atoms with Crippen molar-refractivity contribution in [1.82, 2.24) is 20.2 Å². The lowest BCUT2D eigenvalue weighted by Gasteiger charge is -2.24. The minimum atomic E-state index is -0.0343. The molecule has 0 spiro atoms. The molecule has 8 heteroatoms. The van der Waals surface area contributed by atoms with Crippen LogP contribution in [0.5, 0.6) is 0 Å². The number of aromatic nitrogens is 4. The van der Waals surface area contributed by atoms with Gasteiger partial charge in [0.2, 0.25) is 11.8 Å². The first-order valence-corrected chi connectivity index (χ1v) is 8.76. The number of hydrogen-bond acceptors (Lipinski definition) is 8. The van der Waals surface area contributed by atoms with Crippen LogP contribution in [0.2, 0.25) is 0 Å². The van der Waals surface area contributed by atoms with Crippen molar-refractivity contribution in [2.45, 2.75) is 39.3 Å². The fraction of sp³-hybridized carbons (Fsp3) is 0.500. The zero-order chi connectivity index (χ0) is 16.8. The summed E-state index contributed by atoms with van der Waals surface area (Å²) in [5.41, 5.74) is 1.19. The van der Waals surface area contributed by atoms with E-state index < -0.39 is 0 Å². The number of ether oxygens (including phenoxy) is 1. The molecule has 2 atom stereocenters. The largest absolute Gasteiger partial charge is 0.423 e. The van der Waals surface area contributed by atoms with Crippen LogP contribution in [-0.4, -0.2) is 39.9 Å². The smallest absolute Gasteiger partial charge is 0.238 e. The van der Waals surface area contributed by atoms with E-state index in [1.54, 1.807) is 25.4 Å². The molecule has 0 amide bonds. The van der Waals surface area contributed by atoms with Crippen molar-refractivity contribution in [3.8, 4) is 0 Å². The summed E-state index contributed by atoms with van der Waals surface area (Å²) in [5.74, 6) is 2.88. The van der Waals surface area contributed by atoms with Gasteiger partial charge in [-0.05, 0) is 24.8 Å². The molecule has 0 N–H and O–H groups in total. The van der Waals surface area contributed by atoms with Crippen LogP contribution in [0.1, 0.15) is 35.6 Å². The Bertz CT molecular complexity index is 890. The molecule has 1 fully saturated rings. The third kappa shape index (κ3) is 2.46. The fourth-order valence-corrected chi connectivity index (χ4v) is 4.22. The van der Waals surface area contributed by atoms with E-state index in [0.29, 0.717) is 11.8 Å². The summed E-state index contributed by atoms with van der Waals surface area (Å²) in [6, 6.07) is -0.0343. The van der Waals surface area contributed by atoms with Gasteiger partial charge in [-0.2, -0.15) is 0 Å². The van der Waals surface area contributed by atoms with Crippen LogP contribution in [0.4, 0.5) is 5.82 Å². The normalized spacial score (nSPS) is 21.1. The van der Waals surface area contributed by atoms with Crippen molar-refractivity contribution in [1.29, 1.82) is 0 Å². The molecule has 0 saturated carbocycles. The average molecular weight is 345 g/mol. The van der Waals surface area contributed by atoms with Crippen LogP contribution in [0.25, 0.3) is 10.2 Å². The number of thiophene rings is 1. The average Bonchev–Trinajstić information content (AvgIpc) is 3.25. The van der Waals surface area contributed by atoms with Crippen LogP contribution in [0.15, 0.2) is 9.80 Å². The summed E-state index contributed by atoms with van der Waals surface area (Å²) in [6.07, 6.45) is 0.901. The number of aryl methyl sites for hydroxylation is 3. The molecular weight excluding hydrogens is 326 g/mol. The third-order valence-electron chi connectivity index (χ3n) is 4.41. The second kappa shape index (κ2) is 5.78. The summed E-state index contributed by atoms with van der Waals surface area (Å²) < 4.78 is 11.3. The van der Waals surface area contributed by atoms with Crippen LogP contribution in [-0.2, 0) is 4.74 Å². The molecular formula is C16H19N5O2S. The summed E-state index contributed by atoms with van der Waals surface area (Å²) in [6.45, 7) is 6.56. The molecule has 1 aliphatic rings. The first-order valence-electron chi connectivity index (χ1n) is 7.88. The van der Waals surface area contributed by atoms with Crippen molar-refractivity contribution in [3.63, 3.8) is 0 Å². The van der Waals surface area contributed by atoms with Gasteiger partial charge in [-0.25, -0.2) is 9.97 Å². The molecule has 0 aliphatic carbocycles. The van der Waals surface area contributed by atoms with E-state index in [1.807, 2.05) is 6.92 Å². The molecule has 1 aliphatic heterocycles. The molecule has 1 saturated heterocycles. The Morgan fingerprint density at radius 3 is 2.79 bits per heavy atom. The van der Waals surface area contributed by atoms with Gasteiger partial charge >= 0.3 is 0 Å². The molecule has 0 radical (unpaired) electrons. The molecule has 4 rings (SSSR count). The second-order valence-electron chi connectivity index (χ2n) is 6.11. The number of rotatable bonds is 3. The zero-order valence-electron chi connectivity index (χ0n) is 14.1. The minimum absolute atomic E-state index is 0.0343. The predicted octanol–water partition coefficient (Wildman–Crippen LogP) is 2.97. The molecule has 3 aromatic heterocycles. The highest BCUT2D eigenvalue weighted by atomic mass is 32.1. The molecule has 0 unspecified atom stereocenters. The molecule has 0 aromatic carbocycles. The third-order valence-corrected chi connectivity index (χ3v) is 5.40. The lowest BCUT2D eigenvalue weighted by molar-refractivity contribution is 0.117. The summed E-state index contributed by atoms with van der Waals surface area (Å²) in [5, 5.41) is 11.4. The quantitative estimate of drug-likeness (QED) is 0.722. The maximum absolute atomic E-state index is 5.71. The Morgan fingerprint density at radius 1 is 1.25 bits per heavy atom. The van der Waals surface area contributed by atoms with E-state index >= 15 is 0 Å². The molecule has 3 aromatic rings. The summed E-state index contributed by atoms with van der Waals surface area (Å²) in [7, 11) is 1.74. The Hall–Kier alpha value is -2.06. The Kier molecular flexibility index (Phi) is 3.73. The van der Waals surface area contributed by atoms with Gasteiger partial charge in [0.15, 0.2) is 0 Å². The standard InChI is InChI=1S/C16H19N5O2S/c1-8-7-24-16-13(8)14(17-9(2)18-16)21-6-11(22-4)5-12(21)15-20-19-10(3)23-15/h7,11-12H,5-6H2,1-4H3/t11-,12+/m0/s1. The first kappa shape index (κ1) is 15.5. The minimum Gasteiger partial charge on any atom is -0.423 e. The Balaban J connectivity index is 1.85. The first-order chi connectivity index (χ1) is 11.6. The van der Waals surface area contributed by atoms with E-state index in [-0.39, 0.29) is 12.1 Å². The maximum atomic E-state index is 5.71. The van der Waals surface area contributed by atoms with Gasteiger partial charge in [0.1, 0.15) is 22.5 Å². The molecule has 0 bridgehead atoms. The van der Waals surface area contributed by atoms with Crippen LogP contribution in [0.3, 0.4) is 0 Å². The zero-order valence-corrected chi connectivity index (χ0v) is 14.9. The van der Waals surface area contributed by atoms with Crippen LogP contribution in [0, 0.1) is 20.8 Å². The highest BCUT2D eigenvalue weighted by molar-refractivity contribution is 7.17. The van der Waals surface area contributed by atoms with E-state index in [2.05, 4.69) is 32.4 Å². The van der Waals surface area contributed by atoms with Crippen molar-refractivity contribution in [2.75, 3.05) is 18.6 Å². The van der Waals surface area contributed by atoms with Crippen molar-refractivity contribution in [3.05, 3.63) is 28.5 Å². The van der Waals surface area contributed by atoms with Gasteiger partial charge in [0.05, 0.1) is 11.5 Å². The van der Waals surface area contributed by atoms with Gasteiger partial charge in [0.25, 0.3) is 0 Å². The van der Waals surface area contributed by atoms with Gasteiger partial charge in [-0.3, -0.25) is 0 Å². The lowest BCUT2D eigenvalue weighted by Crippen LogP contribution is -2.26. The van der Waals surface area contributed by atoms with Gasteiger partial charge < -0.3 is 14.1 Å². The molecule has 126 valence electrons. The highest BCUT2D eigenvalue weighted by Gasteiger charge is 2.38. The SMILES string of the molecule is CO[C@H]1C[C@H](c2nnc(C)o2)N(c2nc(C)nc3scc(C)c23)C1. The predicted molar refractivity (Wildman–Crippen MR) is 91.4 cm³/mol. The van der Waals surface area contributed by atoms with Gasteiger partial charge in [-0.15, -0.1) is 21.5 Å². The topological polar surface area (TPSA) is 77.2 Å². The number of nitrogens with zero attached hydrogens (tertiary/aromatic N) is 5. The fourth-order valence-electron chi connectivity index (χ4n) is 3.26. The van der Waals surface area contributed by atoms with Crippen LogP contribution >= 0.6 is 11.3 Å². The second-order valence-corrected chi connectivity index (χ2v) is 6.97. The van der Waals surface area contributed by atoms with Crippen molar-refractivity contribution in [2.24, 2.45) is 0 Å². The van der Waals surface area contributed by atoms with E-state index in [4.69, 9.17) is 14.1 Å². The van der Waals surface area contributed by atoms with Crippen LogP contribution < -0.4 is 4.90 Å². The Labute approximate surface area is 143 Å². The van der Waals surface area contributed by atoms with E-state index in [0.717, 1.165) is 34.8 Å². The highest BCUT2D eigenvalue weighted by Crippen LogP contribution is 2.40. The van der Waals surface area contributed by atoms with E-state index in [1.165, 1.54) is 5.56 Å². The number of fused-ring (bicyclic) bond motifs is 1. The number of anilines is 1. The number of methoxy groups -OCH3 is 1. The molecule has 4 heterocycles. The molecule has 7 nitrogen and oxygen atoms in total. The Morgan fingerprint density at radius 2 is 2.08 bits per heavy atom. The maximum Gasteiger partial charge on any atom is 0.238 e. The van der Waals surface area contributed by atoms with Gasteiger partial charge in [0, 0.05) is 27.0 Å². The molecule has 24 heavy (non-hydrogen) atoms. The van der Waals surface area contributed by atoms with Gasteiger partial charge in [-0.1, -0.05) is 0 Å². The lowest BCUT2D eigenvalue weighted by atomic mass is 10.2. The van der Waals surface area contributed by atoms with Crippen molar-refractivity contribution >= 4 is 27.4 Å². The number of hydrogen-bond donors (Lipinski definition) is 0. The summed E-state index contributed by atoms with van der Waals surface area (Å²) in [4.78, 5) is 12.5. The van der Waals surface area contributed by atoms with E-state index in [9.17, 15) is 0 Å². The monoisotopic (exact) mass is 345 g/mol. The summed E-state index contributed by atoms with van der Waals surface area (Å²) >= 11 is 1.65.